The molecule has 0 bridgehead atoms. The van der Waals surface area contributed by atoms with Crippen molar-refractivity contribution in [1.82, 2.24) is 14.8 Å². The monoisotopic (exact) mass is 439 g/mol. The molecular formula is C24H26ClN3O3. The summed E-state index contributed by atoms with van der Waals surface area (Å²) in [5, 5.41) is 0.249. The summed E-state index contributed by atoms with van der Waals surface area (Å²) in [6.45, 7) is 3.01. The van der Waals surface area contributed by atoms with Crippen LogP contribution in [0.5, 0.6) is 5.88 Å². The number of nitrogens with zero attached hydrogens (tertiary/aromatic N) is 3. The second-order valence-corrected chi connectivity index (χ2v) is 9.37. The van der Waals surface area contributed by atoms with Gasteiger partial charge in [0.1, 0.15) is 5.15 Å². The molecule has 2 fully saturated rings. The number of carbonyl (C=O) groups excluding carboxylic acids is 2. The lowest BCUT2D eigenvalue weighted by atomic mass is 9.76. The maximum atomic E-state index is 13.1. The molecule has 3 heterocycles. The van der Waals surface area contributed by atoms with E-state index in [0.29, 0.717) is 24.5 Å². The van der Waals surface area contributed by atoms with Crippen molar-refractivity contribution in [3.05, 3.63) is 58.2 Å². The second kappa shape index (κ2) is 7.83. The van der Waals surface area contributed by atoms with E-state index in [1.807, 2.05) is 17.0 Å². The average Bonchev–Trinajstić information content (AvgIpc) is 3.17. The molecular weight excluding hydrogens is 414 g/mol. The van der Waals surface area contributed by atoms with E-state index in [1.165, 1.54) is 18.2 Å². The zero-order chi connectivity index (χ0) is 21.6. The Bertz CT molecular complexity index is 1030. The molecule has 2 aliphatic heterocycles. The van der Waals surface area contributed by atoms with Gasteiger partial charge in [-0.25, -0.2) is 4.98 Å². The second-order valence-electron chi connectivity index (χ2n) is 8.98. The third-order valence-electron chi connectivity index (χ3n) is 7.24. The van der Waals surface area contributed by atoms with Gasteiger partial charge in [-0.15, -0.1) is 0 Å². The highest BCUT2D eigenvalue weighted by Crippen LogP contribution is 2.43. The van der Waals surface area contributed by atoms with Crippen molar-refractivity contribution >= 4 is 23.4 Å². The van der Waals surface area contributed by atoms with E-state index in [-0.39, 0.29) is 28.3 Å². The van der Waals surface area contributed by atoms with Gasteiger partial charge in [0, 0.05) is 37.8 Å². The zero-order valence-electron chi connectivity index (χ0n) is 17.6. The molecule has 0 saturated carbocycles. The van der Waals surface area contributed by atoms with E-state index in [0.717, 1.165) is 38.8 Å². The predicted octanol–water partition coefficient (Wildman–Crippen LogP) is 3.54. The van der Waals surface area contributed by atoms with E-state index < -0.39 is 0 Å². The van der Waals surface area contributed by atoms with Crippen molar-refractivity contribution in [2.45, 2.75) is 31.6 Å². The third kappa shape index (κ3) is 3.67. The average molecular weight is 440 g/mol. The van der Waals surface area contributed by atoms with Gasteiger partial charge in [-0.3, -0.25) is 9.59 Å². The van der Waals surface area contributed by atoms with Crippen molar-refractivity contribution in [3.8, 4) is 5.88 Å². The minimum Gasteiger partial charge on any atom is -0.481 e. The number of fused-ring (bicyclic) bond motifs is 1. The number of methoxy groups -OCH3 is 1. The van der Waals surface area contributed by atoms with Crippen LogP contribution in [-0.2, 0) is 11.2 Å². The number of amides is 2. The van der Waals surface area contributed by atoms with Crippen molar-refractivity contribution in [2.24, 2.45) is 5.41 Å². The van der Waals surface area contributed by atoms with E-state index in [1.54, 1.807) is 12.1 Å². The molecule has 1 aliphatic carbocycles. The van der Waals surface area contributed by atoms with Crippen LogP contribution in [-0.4, -0.2) is 59.9 Å². The predicted molar refractivity (Wildman–Crippen MR) is 117 cm³/mol. The normalized spacial score (nSPS) is 21.5. The molecule has 2 aromatic rings. The van der Waals surface area contributed by atoms with E-state index in [9.17, 15) is 9.59 Å². The molecule has 31 heavy (non-hydrogen) atoms. The highest BCUT2D eigenvalue weighted by atomic mass is 35.5. The molecule has 1 aromatic carbocycles. The van der Waals surface area contributed by atoms with Crippen LogP contribution in [0, 0.1) is 5.41 Å². The first-order valence-corrected chi connectivity index (χ1v) is 11.2. The molecule has 0 N–H and O–H groups in total. The number of likely N-dealkylation sites (tertiary alicyclic amines) is 2. The first-order valence-electron chi connectivity index (χ1n) is 10.9. The van der Waals surface area contributed by atoms with Crippen LogP contribution in [0.15, 0.2) is 36.4 Å². The summed E-state index contributed by atoms with van der Waals surface area (Å²) >= 11 is 6.03. The van der Waals surface area contributed by atoms with Crippen LogP contribution in [0.4, 0.5) is 0 Å². The molecule has 6 nitrogen and oxygen atoms in total. The van der Waals surface area contributed by atoms with Gasteiger partial charge >= 0.3 is 0 Å². The molecule has 1 spiro atoms. The molecule has 162 valence electrons. The number of rotatable bonds is 3. The third-order valence-corrected chi connectivity index (χ3v) is 7.43. The molecule has 0 radical (unpaired) electrons. The van der Waals surface area contributed by atoms with Crippen LogP contribution in [0.2, 0.25) is 5.15 Å². The number of pyridine rings is 1. The Morgan fingerprint density at radius 3 is 2.52 bits per heavy atom. The minimum absolute atomic E-state index is 0.0273. The van der Waals surface area contributed by atoms with Gasteiger partial charge in [0.2, 0.25) is 11.8 Å². The lowest BCUT2D eigenvalue weighted by Gasteiger charge is -2.40. The Labute approximate surface area is 187 Å². The number of hydrogen-bond donors (Lipinski definition) is 0. The zero-order valence-corrected chi connectivity index (χ0v) is 18.4. The fourth-order valence-corrected chi connectivity index (χ4v) is 5.50. The summed E-state index contributed by atoms with van der Waals surface area (Å²) in [6, 6.07) is 11.5. The SMILES string of the molecule is COc1cc(C(=O)N2CCC3(CC2)CCN(C(=O)C2Cc4ccccc42)C3)cc(Cl)n1. The number of carbonyl (C=O) groups is 2. The topological polar surface area (TPSA) is 62.7 Å². The summed E-state index contributed by atoms with van der Waals surface area (Å²) in [4.78, 5) is 34.0. The highest BCUT2D eigenvalue weighted by molar-refractivity contribution is 6.29. The van der Waals surface area contributed by atoms with Gasteiger partial charge < -0.3 is 14.5 Å². The number of hydrogen-bond acceptors (Lipinski definition) is 4. The van der Waals surface area contributed by atoms with Crippen LogP contribution in [0.25, 0.3) is 0 Å². The fraction of sp³-hybridized carbons (Fsp3) is 0.458. The summed E-state index contributed by atoms with van der Waals surface area (Å²) < 4.78 is 5.14. The van der Waals surface area contributed by atoms with Crippen LogP contribution in [0.3, 0.4) is 0 Å². The van der Waals surface area contributed by atoms with Gasteiger partial charge in [0.15, 0.2) is 0 Å². The van der Waals surface area contributed by atoms with Crippen LogP contribution >= 0.6 is 11.6 Å². The van der Waals surface area contributed by atoms with Crippen LogP contribution < -0.4 is 4.74 Å². The van der Waals surface area contributed by atoms with Crippen molar-refractivity contribution < 1.29 is 14.3 Å². The Morgan fingerprint density at radius 2 is 1.81 bits per heavy atom. The molecule has 7 heteroatoms. The number of aromatic nitrogens is 1. The summed E-state index contributed by atoms with van der Waals surface area (Å²) in [5.41, 5.74) is 3.12. The van der Waals surface area contributed by atoms with Gasteiger partial charge in [-0.1, -0.05) is 35.9 Å². The first-order chi connectivity index (χ1) is 15.0. The Morgan fingerprint density at radius 1 is 1.10 bits per heavy atom. The first kappa shape index (κ1) is 20.3. The van der Waals surface area contributed by atoms with Crippen molar-refractivity contribution in [2.75, 3.05) is 33.3 Å². The van der Waals surface area contributed by atoms with Crippen molar-refractivity contribution in [1.29, 1.82) is 0 Å². The molecule has 3 aliphatic rings. The summed E-state index contributed by atoms with van der Waals surface area (Å²) in [5.74, 6) is 0.591. The van der Waals surface area contributed by atoms with Gasteiger partial charge in [-0.05, 0) is 48.3 Å². The van der Waals surface area contributed by atoms with Gasteiger partial charge in [0.05, 0.1) is 13.0 Å². The molecule has 1 aromatic heterocycles. The number of piperidine rings is 1. The minimum atomic E-state index is -0.0468. The van der Waals surface area contributed by atoms with Gasteiger partial charge in [0.25, 0.3) is 5.91 Å². The smallest absolute Gasteiger partial charge is 0.254 e. The van der Waals surface area contributed by atoms with E-state index in [4.69, 9.17) is 16.3 Å². The lowest BCUT2D eigenvalue weighted by molar-refractivity contribution is -0.132. The molecule has 2 amide bonds. The highest BCUT2D eigenvalue weighted by Gasteiger charge is 2.45. The Hall–Kier alpha value is -2.60. The molecule has 5 rings (SSSR count). The molecule has 1 atom stereocenters. The fourth-order valence-electron chi connectivity index (χ4n) is 5.30. The summed E-state index contributed by atoms with van der Waals surface area (Å²) in [6.07, 6.45) is 3.71. The summed E-state index contributed by atoms with van der Waals surface area (Å²) in [7, 11) is 1.51. The van der Waals surface area contributed by atoms with E-state index in [2.05, 4.69) is 22.0 Å². The Balaban J connectivity index is 1.20. The van der Waals surface area contributed by atoms with Crippen molar-refractivity contribution in [3.63, 3.8) is 0 Å². The number of halogens is 1. The maximum Gasteiger partial charge on any atom is 0.254 e. The number of benzene rings is 1. The number of ether oxygens (including phenoxy) is 1. The standard InChI is InChI=1S/C24H26ClN3O3/c1-31-21-14-17(13-20(25)26-21)22(29)27-9-6-24(7-10-27)8-11-28(15-24)23(30)19-12-16-4-2-3-5-18(16)19/h2-5,13-14,19H,6-12,15H2,1H3. The Kier molecular flexibility index (Phi) is 5.13. The van der Waals surface area contributed by atoms with Gasteiger partial charge in [-0.2, -0.15) is 0 Å². The molecule has 2 saturated heterocycles. The van der Waals surface area contributed by atoms with E-state index >= 15 is 0 Å². The largest absolute Gasteiger partial charge is 0.481 e. The van der Waals surface area contributed by atoms with Crippen LogP contribution in [0.1, 0.15) is 46.7 Å². The molecule has 1 unspecified atom stereocenters. The maximum absolute atomic E-state index is 13.1. The lowest BCUT2D eigenvalue weighted by Crippen LogP contribution is -2.45. The quantitative estimate of drug-likeness (QED) is 0.686.